The molecule has 8 heteroatoms. The number of hydrogen-bond acceptors (Lipinski definition) is 5. The van der Waals surface area contributed by atoms with Crippen LogP contribution >= 0.6 is 11.6 Å². The minimum Gasteiger partial charge on any atom is -0.398 e. The van der Waals surface area contributed by atoms with Gasteiger partial charge < -0.3 is 16.0 Å². The average molecular weight is 476 g/mol. The van der Waals surface area contributed by atoms with Crippen molar-refractivity contribution in [2.45, 2.75) is 13.1 Å². The van der Waals surface area contributed by atoms with Crippen molar-refractivity contribution in [2.75, 3.05) is 36.8 Å². The van der Waals surface area contributed by atoms with Crippen molar-refractivity contribution >= 4 is 33.9 Å². The molecule has 0 spiro atoms. The molecule has 3 N–H and O–H groups in total. The molecule has 1 aliphatic rings. The number of fused-ring (bicyclic) bond motifs is 1. The third-order valence-corrected chi connectivity index (χ3v) is 6.62. The van der Waals surface area contributed by atoms with Crippen molar-refractivity contribution in [1.29, 1.82) is 0 Å². The van der Waals surface area contributed by atoms with E-state index in [0.29, 0.717) is 33.8 Å². The molecule has 0 radical (unpaired) electrons. The molecule has 5 rings (SSSR count). The van der Waals surface area contributed by atoms with Crippen molar-refractivity contribution < 1.29 is 0 Å². The van der Waals surface area contributed by atoms with Crippen LogP contribution in [-0.4, -0.2) is 35.3 Å². The first kappa shape index (κ1) is 22.3. The van der Waals surface area contributed by atoms with Gasteiger partial charge in [-0.05, 0) is 29.3 Å². The monoisotopic (exact) mass is 475 g/mol. The van der Waals surface area contributed by atoms with E-state index in [9.17, 15) is 9.59 Å². The number of halogens is 1. The largest absolute Gasteiger partial charge is 0.398 e. The first-order valence-corrected chi connectivity index (χ1v) is 11.7. The molecule has 0 unspecified atom stereocenters. The van der Waals surface area contributed by atoms with E-state index >= 15 is 0 Å². The standard InChI is InChI=1S/C26H26ClN5O2/c27-20-10-11-22-23(24(20)30-14-12-29-13-15-30)25(33)32(17-19-8-4-5-9-21(19)28)26(34)31(22)16-18-6-2-1-3-7-18/h1-11,29H,12-17,28H2. The first-order valence-electron chi connectivity index (χ1n) is 11.3. The van der Waals surface area contributed by atoms with E-state index in [1.165, 1.54) is 4.57 Å². The summed E-state index contributed by atoms with van der Waals surface area (Å²) in [5, 5.41) is 4.29. The zero-order valence-electron chi connectivity index (χ0n) is 18.7. The fourth-order valence-corrected chi connectivity index (χ4v) is 4.84. The van der Waals surface area contributed by atoms with Crippen LogP contribution in [-0.2, 0) is 13.1 Å². The maximum Gasteiger partial charge on any atom is 0.332 e. The van der Waals surface area contributed by atoms with Crippen LogP contribution in [0.15, 0.2) is 76.3 Å². The number of anilines is 2. The second kappa shape index (κ2) is 9.37. The molecule has 0 bridgehead atoms. The lowest BCUT2D eigenvalue weighted by atomic mass is 10.1. The maximum atomic E-state index is 13.9. The summed E-state index contributed by atoms with van der Waals surface area (Å²) >= 11 is 6.68. The summed E-state index contributed by atoms with van der Waals surface area (Å²) < 4.78 is 2.94. The minimum atomic E-state index is -0.377. The minimum absolute atomic E-state index is 0.0859. The lowest BCUT2D eigenvalue weighted by Gasteiger charge is -2.31. The van der Waals surface area contributed by atoms with E-state index in [2.05, 4.69) is 10.2 Å². The van der Waals surface area contributed by atoms with Gasteiger partial charge in [-0.2, -0.15) is 0 Å². The number of nitrogens with two attached hydrogens (primary N) is 1. The summed E-state index contributed by atoms with van der Waals surface area (Å²) in [7, 11) is 0. The van der Waals surface area contributed by atoms with E-state index < -0.39 is 0 Å². The number of hydrogen-bond donors (Lipinski definition) is 2. The van der Waals surface area contributed by atoms with Crippen molar-refractivity contribution in [2.24, 2.45) is 0 Å². The van der Waals surface area contributed by atoms with Crippen LogP contribution < -0.4 is 27.2 Å². The third-order valence-electron chi connectivity index (χ3n) is 6.32. The van der Waals surface area contributed by atoms with Gasteiger partial charge in [0.05, 0.1) is 34.7 Å². The number of nitrogens with one attached hydrogen (secondary N) is 1. The molecule has 1 aromatic heterocycles. The number of rotatable bonds is 5. The van der Waals surface area contributed by atoms with Crippen molar-refractivity contribution in [3.63, 3.8) is 0 Å². The molecule has 1 aliphatic heterocycles. The highest BCUT2D eigenvalue weighted by Crippen LogP contribution is 2.32. The molecular weight excluding hydrogens is 450 g/mol. The van der Waals surface area contributed by atoms with Gasteiger partial charge in [-0.1, -0.05) is 60.1 Å². The van der Waals surface area contributed by atoms with Gasteiger partial charge in [-0.3, -0.25) is 13.9 Å². The smallest absolute Gasteiger partial charge is 0.332 e. The Labute approximate surface area is 202 Å². The molecule has 4 aromatic rings. The van der Waals surface area contributed by atoms with Crippen LogP contribution in [0.2, 0.25) is 5.02 Å². The van der Waals surface area contributed by atoms with E-state index in [-0.39, 0.29) is 17.8 Å². The lowest BCUT2D eigenvalue weighted by Crippen LogP contribution is -2.45. The molecule has 0 saturated carbocycles. The Bertz CT molecular complexity index is 1460. The van der Waals surface area contributed by atoms with Crippen molar-refractivity contribution in [3.05, 3.63) is 104 Å². The predicted octanol–water partition coefficient (Wildman–Crippen LogP) is 2.91. The molecule has 0 amide bonds. The normalized spacial score (nSPS) is 14.0. The third kappa shape index (κ3) is 4.08. The first-order chi connectivity index (χ1) is 16.5. The van der Waals surface area contributed by atoms with Crippen LogP contribution in [0.4, 0.5) is 11.4 Å². The van der Waals surface area contributed by atoms with Crippen molar-refractivity contribution in [1.82, 2.24) is 14.5 Å². The van der Waals surface area contributed by atoms with Gasteiger partial charge in [0.15, 0.2) is 0 Å². The molecule has 1 saturated heterocycles. The van der Waals surface area contributed by atoms with Gasteiger partial charge in [-0.15, -0.1) is 0 Å². The molecule has 7 nitrogen and oxygen atoms in total. The summed E-state index contributed by atoms with van der Waals surface area (Å²) in [5.74, 6) is 0. The Morgan fingerprint density at radius 3 is 2.29 bits per heavy atom. The highest BCUT2D eigenvalue weighted by molar-refractivity contribution is 6.35. The fourth-order valence-electron chi connectivity index (χ4n) is 4.57. The molecule has 174 valence electrons. The fraction of sp³-hybridized carbons (Fsp3) is 0.231. The number of para-hydroxylation sites is 1. The van der Waals surface area contributed by atoms with Crippen LogP contribution in [0.1, 0.15) is 11.1 Å². The van der Waals surface area contributed by atoms with E-state index in [0.717, 1.165) is 37.3 Å². The molecule has 3 aromatic carbocycles. The number of aromatic nitrogens is 2. The van der Waals surface area contributed by atoms with Crippen LogP contribution in [0.3, 0.4) is 0 Å². The van der Waals surface area contributed by atoms with Gasteiger partial charge in [0.25, 0.3) is 5.56 Å². The molecule has 0 atom stereocenters. The van der Waals surface area contributed by atoms with Gasteiger partial charge in [0.2, 0.25) is 0 Å². The zero-order chi connectivity index (χ0) is 23.7. The van der Waals surface area contributed by atoms with Gasteiger partial charge in [0.1, 0.15) is 0 Å². The Morgan fingerprint density at radius 2 is 1.56 bits per heavy atom. The maximum absolute atomic E-state index is 13.9. The predicted molar refractivity (Wildman–Crippen MR) is 138 cm³/mol. The number of nitrogens with zero attached hydrogens (tertiary/aromatic N) is 3. The Balaban J connectivity index is 1.79. The topological polar surface area (TPSA) is 85.3 Å². The zero-order valence-corrected chi connectivity index (χ0v) is 19.5. The Hall–Kier alpha value is -3.55. The molecule has 1 fully saturated rings. The van der Waals surface area contributed by atoms with Crippen LogP contribution in [0.5, 0.6) is 0 Å². The van der Waals surface area contributed by atoms with Crippen molar-refractivity contribution in [3.8, 4) is 0 Å². The average Bonchev–Trinajstić information content (AvgIpc) is 2.86. The Kier molecular flexibility index (Phi) is 6.13. The van der Waals surface area contributed by atoms with Gasteiger partial charge in [0, 0.05) is 31.9 Å². The van der Waals surface area contributed by atoms with Crippen LogP contribution in [0, 0.1) is 0 Å². The van der Waals surface area contributed by atoms with Gasteiger partial charge in [-0.25, -0.2) is 4.79 Å². The van der Waals surface area contributed by atoms with E-state index in [1.807, 2.05) is 48.5 Å². The number of piperazine rings is 1. The summed E-state index contributed by atoms with van der Waals surface area (Å²) in [5.41, 5.74) is 8.91. The SMILES string of the molecule is Nc1ccccc1Cn1c(=O)c2c(N3CCNCC3)c(Cl)ccc2n(Cc2ccccc2)c1=O. The summed E-state index contributed by atoms with van der Waals surface area (Å²) in [4.78, 5) is 29.7. The molecule has 34 heavy (non-hydrogen) atoms. The highest BCUT2D eigenvalue weighted by atomic mass is 35.5. The highest BCUT2D eigenvalue weighted by Gasteiger charge is 2.23. The summed E-state index contributed by atoms with van der Waals surface area (Å²) in [6.07, 6.45) is 0. The summed E-state index contributed by atoms with van der Waals surface area (Å²) in [6, 6.07) is 20.6. The van der Waals surface area contributed by atoms with Gasteiger partial charge >= 0.3 is 5.69 Å². The second-order valence-corrected chi connectivity index (χ2v) is 8.88. The van der Waals surface area contributed by atoms with Crippen LogP contribution in [0.25, 0.3) is 10.9 Å². The summed E-state index contributed by atoms with van der Waals surface area (Å²) in [6.45, 7) is 3.46. The second-order valence-electron chi connectivity index (χ2n) is 8.47. The lowest BCUT2D eigenvalue weighted by molar-refractivity contribution is 0.589. The Morgan fingerprint density at radius 1 is 0.853 bits per heavy atom. The number of nitrogen functional groups attached to an aromatic ring is 1. The van der Waals surface area contributed by atoms with E-state index in [1.54, 1.807) is 22.8 Å². The quantitative estimate of drug-likeness (QED) is 0.433. The van der Waals surface area contributed by atoms with E-state index in [4.69, 9.17) is 17.3 Å². The molecule has 0 aliphatic carbocycles. The molecule has 2 heterocycles. The number of benzene rings is 3. The molecular formula is C26H26ClN5O2.